The Morgan fingerprint density at radius 2 is 1.94 bits per heavy atom. The molecule has 1 aromatic carbocycles. The molecule has 0 aromatic heterocycles. The highest BCUT2D eigenvalue weighted by Gasteiger charge is 2.53. The standard InChI is InChI=1S/C25H36Cl2N2O6/c1-24(2,3)35-23(32)29-11-15(8-20(31)28-12-25(13-28)9-16(30)10-25)7-18(29)21-19(34-14-33-4)6-5-17(26)22(21)27/h5-6,15-16,18,20,30-31H,7-14H2,1-4H3/t15-,18+,20?/m0/s1. The van der Waals surface area contributed by atoms with Crippen molar-refractivity contribution >= 4 is 29.3 Å². The highest BCUT2D eigenvalue weighted by Crippen LogP contribution is 2.50. The largest absolute Gasteiger partial charge is 0.467 e. The lowest BCUT2D eigenvalue weighted by atomic mass is 9.61. The van der Waals surface area contributed by atoms with Crippen LogP contribution in [0.5, 0.6) is 5.75 Å². The van der Waals surface area contributed by atoms with Gasteiger partial charge >= 0.3 is 6.09 Å². The van der Waals surface area contributed by atoms with Gasteiger partial charge in [-0.1, -0.05) is 23.2 Å². The zero-order valence-electron chi connectivity index (χ0n) is 20.8. The topological polar surface area (TPSA) is 91.7 Å². The number of hydrogen-bond acceptors (Lipinski definition) is 7. The second kappa shape index (κ2) is 10.2. The van der Waals surface area contributed by atoms with Gasteiger partial charge in [-0.15, -0.1) is 0 Å². The quantitative estimate of drug-likeness (QED) is 0.503. The number of hydrogen-bond donors (Lipinski definition) is 2. The van der Waals surface area contributed by atoms with Gasteiger partial charge < -0.3 is 29.3 Å². The fraction of sp³-hybridized carbons (Fsp3) is 0.720. The minimum absolute atomic E-state index is 0.0244. The number of nitrogens with zero attached hydrogens (tertiary/aromatic N) is 2. The van der Waals surface area contributed by atoms with Gasteiger partial charge in [0, 0.05) is 37.7 Å². The first-order chi connectivity index (χ1) is 16.4. The number of rotatable bonds is 7. The molecule has 1 spiro atoms. The van der Waals surface area contributed by atoms with Gasteiger partial charge in [0.2, 0.25) is 0 Å². The summed E-state index contributed by atoms with van der Waals surface area (Å²) in [7, 11) is 1.53. The van der Waals surface area contributed by atoms with Crippen molar-refractivity contribution in [1.29, 1.82) is 0 Å². The van der Waals surface area contributed by atoms with E-state index in [1.807, 2.05) is 20.8 Å². The summed E-state index contributed by atoms with van der Waals surface area (Å²) in [5.74, 6) is 0.519. The number of halogens is 2. The van der Waals surface area contributed by atoms with E-state index in [9.17, 15) is 15.0 Å². The molecule has 1 aromatic rings. The van der Waals surface area contributed by atoms with Gasteiger partial charge in [-0.2, -0.15) is 0 Å². The first-order valence-electron chi connectivity index (χ1n) is 12.1. The van der Waals surface area contributed by atoms with Crippen LogP contribution in [-0.2, 0) is 9.47 Å². The Labute approximate surface area is 217 Å². The number of amides is 1. The highest BCUT2D eigenvalue weighted by molar-refractivity contribution is 6.42. The zero-order chi connectivity index (χ0) is 25.5. The van der Waals surface area contributed by atoms with Crippen molar-refractivity contribution in [3.63, 3.8) is 0 Å². The molecule has 3 atom stereocenters. The SMILES string of the molecule is COCOc1ccc(Cl)c(Cl)c1[C@H]1C[C@@H](CC(O)N2CC3(CC(O)C3)C2)CN1C(=O)OC(C)(C)C. The van der Waals surface area contributed by atoms with E-state index >= 15 is 0 Å². The Morgan fingerprint density at radius 3 is 2.54 bits per heavy atom. The van der Waals surface area contributed by atoms with Gasteiger partial charge in [-0.05, 0) is 64.5 Å². The van der Waals surface area contributed by atoms with E-state index in [0.717, 1.165) is 25.9 Å². The molecule has 3 fully saturated rings. The van der Waals surface area contributed by atoms with Crippen molar-refractivity contribution in [2.24, 2.45) is 11.3 Å². The van der Waals surface area contributed by atoms with Gasteiger partial charge in [-0.3, -0.25) is 4.90 Å². The summed E-state index contributed by atoms with van der Waals surface area (Å²) in [6.07, 6.45) is 1.46. The van der Waals surface area contributed by atoms with Crippen molar-refractivity contribution in [1.82, 2.24) is 9.80 Å². The lowest BCUT2D eigenvalue weighted by Crippen LogP contribution is -2.66. The number of methoxy groups -OCH3 is 1. The maximum Gasteiger partial charge on any atom is 0.410 e. The van der Waals surface area contributed by atoms with Crippen LogP contribution in [0.15, 0.2) is 12.1 Å². The van der Waals surface area contributed by atoms with E-state index in [-0.39, 0.29) is 24.2 Å². The predicted molar refractivity (Wildman–Crippen MR) is 133 cm³/mol. The molecule has 2 N–H and O–H groups in total. The Morgan fingerprint density at radius 1 is 1.26 bits per heavy atom. The first kappa shape index (κ1) is 26.8. The summed E-state index contributed by atoms with van der Waals surface area (Å²) < 4.78 is 16.6. The molecule has 4 rings (SSSR count). The van der Waals surface area contributed by atoms with Gasteiger partial charge in [0.25, 0.3) is 0 Å². The Kier molecular flexibility index (Phi) is 7.82. The van der Waals surface area contributed by atoms with Gasteiger partial charge in [-0.25, -0.2) is 4.79 Å². The van der Waals surface area contributed by atoms with Crippen LogP contribution in [0.1, 0.15) is 58.1 Å². The molecule has 2 aliphatic heterocycles. The van der Waals surface area contributed by atoms with Crippen LogP contribution in [0.25, 0.3) is 0 Å². The minimum atomic E-state index is -0.661. The molecule has 0 radical (unpaired) electrons. The van der Waals surface area contributed by atoms with Crippen molar-refractivity contribution in [3.8, 4) is 5.75 Å². The van der Waals surface area contributed by atoms with Crippen molar-refractivity contribution in [2.75, 3.05) is 33.5 Å². The summed E-state index contributed by atoms with van der Waals surface area (Å²) in [4.78, 5) is 16.9. The molecule has 2 heterocycles. The van der Waals surface area contributed by atoms with Crippen molar-refractivity contribution in [3.05, 3.63) is 27.7 Å². The summed E-state index contributed by atoms with van der Waals surface area (Å²) in [5.41, 5.74) is 0.125. The predicted octanol–water partition coefficient (Wildman–Crippen LogP) is 4.44. The number of aliphatic hydroxyl groups is 2. The Bertz CT molecular complexity index is 925. The third-order valence-electron chi connectivity index (χ3n) is 7.15. The highest BCUT2D eigenvalue weighted by atomic mass is 35.5. The molecule has 8 nitrogen and oxygen atoms in total. The van der Waals surface area contributed by atoms with Crippen LogP contribution in [0.3, 0.4) is 0 Å². The second-order valence-corrected chi connectivity index (χ2v) is 12.0. The number of carbonyl (C=O) groups excluding carboxylic acids is 1. The maximum absolute atomic E-state index is 13.2. The molecule has 196 valence electrons. The van der Waals surface area contributed by atoms with Gasteiger partial charge in [0.15, 0.2) is 6.79 Å². The van der Waals surface area contributed by atoms with Crippen LogP contribution >= 0.6 is 23.2 Å². The molecule has 1 saturated carbocycles. The van der Waals surface area contributed by atoms with Gasteiger partial charge in [0.1, 0.15) is 17.6 Å². The van der Waals surface area contributed by atoms with Crippen molar-refractivity contribution < 1.29 is 29.2 Å². The number of ether oxygens (including phenoxy) is 3. The fourth-order valence-electron chi connectivity index (χ4n) is 5.67. The molecule has 0 bridgehead atoms. The lowest BCUT2D eigenvalue weighted by Gasteiger charge is -2.59. The van der Waals surface area contributed by atoms with Crippen LogP contribution < -0.4 is 4.74 Å². The fourth-order valence-corrected chi connectivity index (χ4v) is 6.12. The monoisotopic (exact) mass is 530 g/mol. The average molecular weight is 531 g/mol. The third-order valence-corrected chi connectivity index (χ3v) is 7.97. The molecule has 3 aliphatic rings. The Balaban J connectivity index is 1.53. The summed E-state index contributed by atoms with van der Waals surface area (Å²) >= 11 is 13.0. The Hall–Kier alpha value is -1.29. The number of carbonyl (C=O) groups is 1. The van der Waals surface area contributed by atoms with E-state index in [2.05, 4.69) is 4.90 Å². The van der Waals surface area contributed by atoms with E-state index in [1.165, 1.54) is 7.11 Å². The zero-order valence-corrected chi connectivity index (χ0v) is 22.3. The van der Waals surface area contributed by atoms with Crippen LogP contribution in [0.4, 0.5) is 4.79 Å². The maximum atomic E-state index is 13.2. The molecule has 1 amide bonds. The molecule has 1 unspecified atom stereocenters. The van der Waals surface area contributed by atoms with E-state index < -0.39 is 24.0 Å². The van der Waals surface area contributed by atoms with Crippen LogP contribution in [0, 0.1) is 11.3 Å². The van der Waals surface area contributed by atoms with Crippen LogP contribution in [0.2, 0.25) is 10.0 Å². The lowest BCUT2D eigenvalue weighted by molar-refractivity contribution is -0.180. The molecule has 2 saturated heterocycles. The average Bonchev–Trinajstić information content (AvgIpc) is 3.12. The summed E-state index contributed by atoms with van der Waals surface area (Å²) in [5, 5.41) is 21.3. The van der Waals surface area contributed by atoms with Gasteiger partial charge in [0.05, 0.1) is 22.2 Å². The number of likely N-dealkylation sites (tertiary alicyclic amines) is 2. The normalized spacial score (nSPS) is 25.3. The summed E-state index contributed by atoms with van der Waals surface area (Å²) in [6, 6.07) is 2.96. The third kappa shape index (κ3) is 5.84. The number of aliphatic hydroxyl groups excluding tert-OH is 2. The molecule has 10 heteroatoms. The second-order valence-electron chi connectivity index (χ2n) is 11.3. The van der Waals surface area contributed by atoms with E-state index in [1.54, 1.807) is 17.0 Å². The van der Waals surface area contributed by atoms with Crippen molar-refractivity contribution in [2.45, 2.75) is 70.4 Å². The molecule has 1 aliphatic carbocycles. The molecular formula is C25H36Cl2N2O6. The minimum Gasteiger partial charge on any atom is -0.467 e. The number of benzene rings is 1. The summed E-state index contributed by atoms with van der Waals surface area (Å²) in [6.45, 7) is 7.52. The molecule has 35 heavy (non-hydrogen) atoms. The van der Waals surface area contributed by atoms with Crippen LogP contribution in [-0.4, -0.2) is 77.6 Å². The van der Waals surface area contributed by atoms with E-state index in [4.69, 9.17) is 37.4 Å². The smallest absolute Gasteiger partial charge is 0.410 e. The van der Waals surface area contributed by atoms with E-state index in [0.29, 0.717) is 40.7 Å². The first-order valence-corrected chi connectivity index (χ1v) is 12.9. The molecular weight excluding hydrogens is 495 g/mol.